The minimum atomic E-state index is -0.542. The molecule has 0 saturated carbocycles. The third-order valence-electron chi connectivity index (χ3n) is 1.15. The Bertz CT molecular complexity index is 107. The first-order valence-electron chi connectivity index (χ1n) is 4.88. The van der Waals surface area contributed by atoms with Crippen LogP contribution in [-0.2, 0) is 14.0 Å². The van der Waals surface area contributed by atoms with Gasteiger partial charge in [-0.25, -0.2) is 0 Å². The van der Waals surface area contributed by atoms with E-state index in [0.29, 0.717) is 0 Å². The second-order valence-electron chi connectivity index (χ2n) is 3.84. The summed E-state index contributed by atoms with van der Waals surface area (Å²) in [5.74, 6) is 0. The molecule has 0 amide bonds. The molecule has 0 spiro atoms. The van der Waals surface area contributed by atoms with Crippen molar-refractivity contribution in [2.75, 3.05) is 0 Å². The van der Waals surface area contributed by atoms with Gasteiger partial charge in [0.1, 0.15) is 0 Å². The summed E-state index contributed by atoms with van der Waals surface area (Å²) in [6.07, 6.45) is 0.340. The van der Waals surface area contributed by atoms with Crippen LogP contribution in [-0.4, -0.2) is 44.5 Å². The topological polar surface area (TPSA) is 27.7 Å². The quantitative estimate of drug-likeness (QED) is 0.605. The molecule has 0 heterocycles. The van der Waals surface area contributed by atoms with Gasteiger partial charge in [0.25, 0.3) is 0 Å². The van der Waals surface area contributed by atoms with E-state index in [4.69, 9.17) is 14.0 Å². The molecule has 0 saturated heterocycles. The Labute approximate surface area is 100 Å². The summed E-state index contributed by atoms with van der Waals surface area (Å²) in [7, 11) is -0.542. The molecular formula is C9H21BLiO3. The van der Waals surface area contributed by atoms with Crippen LogP contribution in [0.1, 0.15) is 41.5 Å². The number of hydrogen-bond donors (Lipinski definition) is 0. The normalized spacial score (nSPS) is 10.9. The second kappa shape index (κ2) is 8.82. The molecular weight excluding hydrogens is 174 g/mol. The summed E-state index contributed by atoms with van der Waals surface area (Å²) in [5.41, 5.74) is 0. The Morgan fingerprint density at radius 2 is 0.857 bits per heavy atom. The average Bonchev–Trinajstić information content (AvgIpc) is 1.80. The monoisotopic (exact) mass is 195 g/mol. The van der Waals surface area contributed by atoms with E-state index in [1.807, 2.05) is 41.5 Å². The van der Waals surface area contributed by atoms with Crippen LogP contribution in [0.2, 0.25) is 0 Å². The van der Waals surface area contributed by atoms with Gasteiger partial charge in [-0.15, -0.1) is 0 Å². The first-order valence-corrected chi connectivity index (χ1v) is 4.88. The third-order valence-corrected chi connectivity index (χ3v) is 1.15. The molecule has 0 atom stereocenters. The summed E-state index contributed by atoms with van der Waals surface area (Å²) < 4.78 is 16.3. The van der Waals surface area contributed by atoms with Crippen molar-refractivity contribution in [3.8, 4) is 0 Å². The third kappa shape index (κ3) is 10.6. The predicted molar refractivity (Wildman–Crippen MR) is 60.2 cm³/mol. The smallest absolute Gasteiger partial charge is 0.384 e. The van der Waals surface area contributed by atoms with Gasteiger partial charge in [-0.1, -0.05) is 0 Å². The fourth-order valence-electron chi connectivity index (χ4n) is 0.763. The summed E-state index contributed by atoms with van der Waals surface area (Å²) in [5, 5.41) is 0. The van der Waals surface area contributed by atoms with Gasteiger partial charge in [0.05, 0.1) is 0 Å². The summed E-state index contributed by atoms with van der Waals surface area (Å²) >= 11 is 0. The fourth-order valence-corrected chi connectivity index (χ4v) is 0.763. The Hall–Kier alpha value is 0.542. The molecule has 5 heteroatoms. The van der Waals surface area contributed by atoms with Crippen LogP contribution < -0.4 is 0 Å². The minimum Gasteiger partial charge on any atom is -0.384 e. The van der Waals surface area contributed by atoms with Gasteiger partial charge in [-0.3, -0.25) is 0 Å². The molecule has 0 aromatic rings. The molecule has 0 aliphatic carbocycles. The van der Waals surface area contributed by atoms with Crippen LogP contribution >= 0.6 is 0 Å². The molecule has 0 bridgehead atoms. The molecule has 0 aromatic carbocycles. The van der Waals surface area contributed by atoms with Crippen molar-refractivity contribution in [1.29, 1.82) is 0 Å². The van der Waals surface area contributed by atoms with Crippen LogP contribution in [0.3, 0.4) is 0 Å². The summed E-state index contributed by atoms with van der Waals surface area (Å²) in [4.78, 5) is 0. The van der Waals surface area contributed by atoms with E-state index >= 15 is 0 Å². The SMILES string of the molecule is CC(C)OB(OC(C)C)OC(C)C.[Li]. The van der Waals surface area contributed by atoms with Gasteiger partial charge in [-0.05, 0) is 41.5 Å². The first-order chi connectivity index (χ1) is 5.91. The molecule has 0 aromatic heterocycles. The molecule has 0 rings (SSSR count). The predicted octanol–water partition coefficient (Wildman–Crippen LogP) is 1.87. The molecule has 0 fully saturated rings. The molecule has 79 valence electrons. The fraction of sp³-hybridized carbons (Fsp3) is 1.00. The Morgan fingerprint density at radius 1 is 0.643 bits per heavy atom. The van der Waals surface area contributed by atoms with Gasteiger partial charge in [0.2, 0.25) is 0 Å². The molecule has 0 unspecified atom stereocenters. The van der Waals surface area contributed by atoms with Crippen molar-refractivity contribution in [2.24, 2.45) is 0 Å². The van der Waals surface area contributed by atoms with E-state index in [1.54, 1.807) is 0 Å². The maximum Gasteiger partial charge on any atom is 0.639 e. The molecule has 3 nitrogen and oxygen atoms in total. The van der Waals surface area contributed by atoms with Gasteiger partial charge in [-0.2, -0.15) is 0 Å². The van der Waals surface area contributed by atoms with Crippen molar-refractivity contribution < 1.29 is 14.0 Å². The second-order valence-corrected chi connectivity index (χ2v) is 3.84. The summed E-state index contributed by atoms with van der Waals surface area (Å²) in [6.45, 7) is 11.8. The zero-order chi connectivity index (χ0) is 10.4. The van der Waals surface area contributed by atoms with E-state index in [9.17, 15) is 0 Å². The van der Waals surface area contributed by atoms with Crippen LogP contribution in [0.4, 0.5) is 0 Å². The number of rotatable bonds is 6. The van der Waals surface area contributed by atoms with Crippen molar-refractivity contribution >= 4 is 26.2 Å². The number of hydrogen-bond acceptors (Lipinski definition) is 3. The average molecular weight is 195 g/mol. The van der Waals surface area contributed by atoms with E-state index in [-0.39, 0.29) is 37.2 Å². The van der Waals surface area contributed by atoms with E-state index in [2.05, 4.69) is 0 Å². The van der Waals surface area contributed by atoms with Crippen molar-refractivity contribution in [1.82, 2.24) is 0 Å². The zero-order valence-corrected chi connectivity index (χ0v) is 10.5. The van der Waals surface area contributed by atoms with Gasteiger partial charge in [0.15, 0.2) is 0 Å². The van der Waals surface area contributed by atoms with Crippen molar-refractivity contribution in [3.63, 3.8) is 0 Å². The van der Waals surface area contributed by atoms with Crippen molar-refractivity contribution in [2.45, 2.75) is 59.9 Å². The molecule has 1 radical (unpaired) electrons. The van der Waals surface area contributed by atoms with Crippen LogP contribution in [0, 0.1) is 0 Å². The van der Waals surface area contributed by atoms with E-state index in [0.717, 1.165) is 0 Å². The summed E-state index contributed by atoms with van der Waals surface area (Å²) in [6, 6.07) is 0. The van der Waals surface area contributed by atoms with Gasteiger partial charge >= 0.3 is 7.32 Å². The Balaban J connectivity index is 0. The van der Waals surface area contributed by atoms with Gasteiger partial charge < -0.3 is 14.0 Å². The molecule has 0 aliphatic rings. The standard InChI is InChI=1S/C9H21BO3.Li/c1-7(2)11-10(12-8(3)4)13-9(5)6;/h7-9H,1-6H3;. The molecule has 0 aliphatic heterocycles. The Kier molecular flexibility index (Phi) is 10.7. The first kappa shape index (κ1) is 17.0. The maximum atomic E-state index is 5.43. The largest absolute Gasteiger partial charge is 0.639 e. The molecule has 0 N–H and O–H groups in total. The Morgan fingerprint density at radius 3 is 1.00 bits per heavy atom. The maximum absolute atomic E-state index is 5.43. The zero-order valence-electron chi connectivity index (χ0n) is 10.5. The minimum absolute atomic E-state index is 0. The van der Waals surface area contributed by atoms with E-state index in [1.165, 1.54) is 0 Å². The van der Waals surface area contributed by atoms with Crippen LogP contribution in [0.15, 0.2) is 0 Å². The van der Waals surface area contributed by atoms with Crippen LogP contribution in [0.5, 0.6) is 0 Å². The van der Waals surface area contributed by atoms with E-state index < -0.39 is 7.32 Å². The van der Waals surface area contributed by atoms with Crippen molar-refractivity contribution in [3.05, 3.63) is 0 Å². The molecule has 14 heavy (non-hydrogen) atoms. The van der Waals surface area contributed by atoms with Gasteiger partial charge in [0, 0.05) is 37.2 Å². The van der Waals surface area contributed by atoms with Crippen LogP contribution in [0.25, 0.3) is 0 Å².